The number of hydrogen-bond donors (Lipinski definition) is 1. The summed E-state index contributed by atoms with van der Waals surface area (Å²) < 4.78 is 13.6. The minimum absolute atomic E-state index is 0.0656. The molecule has 0 saturated carbocycles. The van der Waals surface area contributed by atoms with Crippen LogP contribution in [0, 0.1) is 11.7 Å². The van der Waals surface area contributed by atoms with Gasteiger partial charge in [0.2, 0.25) is 0 Å². The zero-order valence-corrected chi connectivity index (χ0v) is 9.98. The van der Waals surface area contributed by atoms with Gasteiger partial charge in [0.25, 0.3) is 0 Å². The number of halogens is 2. The van der Waals surface area contributed by atoms with Crippen molar-refractivity contribution < 1.29 is 9.50 Å². The van der Waals surface area contributed by atoms with Gasteiger partial charge in [-0.25, -0.2) is 4.39 Å². The third-order valence-electron chi connectivity index (χ3n) is 2.82. The molecule has 0 aliphatic rings. The van der Waals surface area contributed by atoms with E-state index in [-0.39, 0.29) is 17.4 Å². The Balaban J connectivity index is 2.95. The fourth-order valence-corrected chi connectivity index (χ4v) is 1.47. The highest BCUT2D eigenvalue weighted by molar-refractivity contribution is 6.30. The molecule has 1 aromatic rings. The van der Waals surface area contributed by atoms with Gasteiger partial charge in [-0.3, -0.25) is 0 Å². The van der Waals surface area contributed by atoms with Crippen molar-refractivity contribution in [3.8, 4) is 0 Å². The quantitative estimate of drug-likeness (QED) is 0.844. The topological polar surface area (TPSA) is 20.2 Å². The van der Waals surface area contributed by atoms with Gasteiger partial charge in [-0.15, -0.1) is 0 Å². The molecule has 0 radical (unpaired) electrons. The van der Waals surface area contributed by atoms with Gasteiger partial charge in [-0.05, 0) is 24.5 Å². The lowest BCUT2D eigenvalue weighted by Crippen LogP contribution is -2.33. The first kappa shape index (κ1) is 12.5. The molecule has 1 aromatic carbocycles. The van der Waals surface area contributed by atoms with Gasteiger partial charge < -0.3 is 5.11 Å². The Labute approximate surface area is 94.9 Å². The maximum absolute atomic E-state index is 13.6. The summed E-state index contributed by atoms with van der Waals surface area (Å²) >= 11 is 5.67. The van der Waals surface area contributed by atoms with E-state index in [1.54, 1.807) is 19.1 Å². The average Bonchev–Trinajstić information content (AvgIpc) is 2.12. The number of hydrogen-bond acceptors (Lipinski definition) is 1. The van der Waals surface area contributed by atoms with Crippen LogP contribution in [0.2, 0.25) is 5.02 Å². The zero-order valence-electron chi connectivity index (χ0n) is 9.22. The number of aliphatic hydroxyl groups is 1. The van der Waals surface area contributed by atoms with E-state index in [1.807, 2.05) is 13.8 Å². The molecule has 84 valence electrons. The Kier molecular flexibility index (Phi) is 3.74. The molecule has 1 atom stereocenters. The van der Waals surface area contributed by atoms with Gasteiger partial charge >= 0.3 is 0 Å². The largest absolute Gasteiger partial charge is 0.390 e. The normalized spacial score (nSPS) is 15.4. The first-order valence-electron chi connectivity index (χ1n) is 5.00. The van der Waals surface area contributed by atoms with E-state index in [0.717, 1.165) is 0 Å². The van der Waals surface area contributed by atoms with Crippen LogP contribution in [0.1, 0.15) is 26.3 Å². The highest BCUT2D eigenvalue weighted by Gasteiger charge is 2.26. The Morgan fingerprint density at radius 3 is 2.60 bits per heavy atom. The van der Waals surface area contributed by atoms with Gasteiger partial charge in [0, 0.05) is 6.42 Å². The van der Waals surface area contributed by atoms with E-state index in [9.17, 15) is 9.50 Å². The van der Waals surface area contributed by atoms with Crippen molar-refractivity contribution in [2.24, 2.45) is 5.92 Å². The molecule has 0 spiro atoms. The first-order valence-corrected chi connectivity index (χ1v) is 5.37. The van der Waals surface area contributed by atoms with Crippen LogP contribution < -0.4 is 0 Å². The Bertz CT molecular complexity index is 347. The summed E-state index contributed by atoms with van der Waals surface area (Å²) in [7, 11) is 0. The van der Waals surface area contributed by atoms with Gasteiger partial charge in [0.1, 0.15) is 5.82 Å². The maximum Gasteiger partial charge on any atom is 0.145 e. The molecule has 3 heteroatoms. The average molecular weight is 231 g/mol. The molecule has 0 fully saturated rings. The van der Waals surface area contributed by atoms with Crippen molar-refractivity contribution in [3.63, 3.8) is 0 Å². The molecular weight excluding hydrogens is 215 g/mol. The number of rotatable bonds is 3. The summed E-state index contributed by atoms with van der Waals surface area (Å²) in [6.45, 7) is 5.52. The molecule has 0 aliphatic heterocycles. The Hall–Kier alpha value is -0.600. The monoisotopic (exact) mass is 230 g/mol. The van der Waals surface area contributed by atoms with Crippen LogP contribution in [0.3, 0.4) is 0 Å². The number of benzene rings is 1. The fourth-order valence-electron chi connectivity index (χ4n) is 1.27. The van der Waals surface area contributed by atoms with Crippen LogP contribution in [-0.2, 0) is 6.42 Å². The van der Waals surface area contributed by atoms with Crippen LogP contribution in [0.15, 0.2) is 18.2 Å². The summed E-state index contributed by atoms with van der Waals surface area (Å²) in [6, 6.07) is 4.85. The first-order chi connectivity index (χ1) is 6.84. The van der Waals surface area contributed by atoms with Gasteiger partial charge in [0.05, 0.1) is 10.6 Å². The summed E-state index contributed by atoms with van der Waals surface area (Å²) in [5.74, 6) is -0.365. The van der Waals surface area contributed by atoms with E-state index in [1.165, 1.54) is 6.07 Å². The van der Waals surface area contributed by atoms with Crippen LogP contribution in [-0.4, -0.2) is 10.7 Å². The van der Waals surface area contributed by atoms with Crippen molar-refractivity contribution in [1.29, 1.82) is 0 Å². The molecule has 1 rings (SSSR count). The predicted octanol–water partition coefficient (Wildman–Crippen LogP) is 3.43. The minimum atomic E-state index is -0.911. The Morgan fingerprint density at radius 1 is 1.47 bits per heavy atom. The third kappa shape index (κ3) is 2.93. The van der Waals surface area contributed by atoms with Crippen LogP contribution in [0.5, 0.6) is 0 Å². The summed E-state index contributed by atoms with van der Waals surface area (Å²) in [5.41, 5.74) is -0.452. The lowest BCUT2D eigenvalue weighted by molar-refractivity contribution is 0.0132. The van der Waals surface area contributed by atoms with E-state index in [0.29, 0.717) is 5.56 Å². The molecular formula is C12H16ClFO. The fraction of sp³-hybridized carbons (Fsp3) is 0.500. The van der Waals surface area contributed by atoms with Crippen LogP contribution >= 0.6 is 11.6 Å². The smallest absolute Gasteiger partial charge is 0.145 e. The van der Waals surface area contributed by atoms with E-state index in [4.69, 9.17) is 11.6 Å². The third-order valence-corrected chi connectivity index (χ3v) is 3.12. The second-order valence-corrected chi connectivity index (χ2v) is 4.81. The van der Waals surface area contributed by atoms with E-state index < -0.39 is 11.4 Å². The molecule has 0 aliphatic carbocycles. The van der Waals surface area contributed by atoms with Gasteiger partial charge in [-0.2, -0.15) is 0 Å². The summed E-state index contributed by atoms with van der Waals surface area (Å²) in [4.78, 5) is 0. The van der Waals surface area contributed by atoms with Crippen molar-refractivity contribution in [2.45, 2.75) is 32.8 Å². The highest BCUT2D eigenvalue weighted by atomic mass is 35.5. The second kappa shape index (κ2) is 4.50. The van der Waals surface area contributed by atoms with Crippen molar-refractivity contribution in [2.75, 3.05) is 0 Å². The lowest BCUT2D eigenvalue weighted by atomic mass is 9.86. The van der Waals surface area contributed by atoms with E-state index in [2.05, 4.69) is 0 Å². The predicted molar refractivity (Wildman–Crippen MR) is 60.6 cm³/mol. The molecule has 0 heterocycles. The van der Waals surface area contributed by atoms with Crippen molar-refractivity contribution in [1.82, 2.24) is 0 Å². The standard InChI is InChI=1S/C12H16ClFO/c1-8(2)12(3,15)7-9-5-4-6-10(13)11(9)14/h4-6,8,15H,7H2,1-3H3. The molecule has 1 nitrogen and oxygen atoms in total. The van der Waals surface area contributed by atoms with E-state index >= 15 is 0 Å². The lowest BCUT2D eigenvalue weighted by Gasteiger charge is -2.28. The molecule has 0 bridgehead atoms. The van der Waals surface area contributed by atoms with Gasteiger partial charge in [-0.1, -0.05) is 37.6 Å². The van der Waals surface area contributed by atoms with Crippen LogP contribution in [0.4, 0.5) is 4.39 Å². The molecule has 0 saturated heterocycles. The molecule has 1 N–H and O–H groups in total. The van der Waals surface area contributed by atoms with Crippen molar-refractivity contribution in [3.05, 3.63) is 34.6 Å². The molecule has 1 unspecified atom stereocenters. The summed E-state index contributed by atoms with van der Waals surface area (Å²) in [5, 5.41) is 10.2. The molecule has 0 amide bonds. The van der Waals surface area contributed by atoms with Crippen LogP contribution in [0.25, 0.3) is 0 Å². The Morgan fingerprint density at radius 2 is 2.07 bits per heavy atom. The molecule has 15 heavy (non-hydrogen) atoms. The second-order valence-electron chi connectivity index (χ2n) is 4.40. The summed E-state index contributed by atoms with van der Waals surface area (Å²) in [6.07, 6.45) is 0.275. The SMILES string of the molecule is CC(C)C(C)(O)Cc1cccc(Cl)c1F. The minimum Gasteiger partial charge on any atom is -0.390 e. The van der Waals surface area contributed by atoms with Crippen molar-refractivity contribution >= 4 is 11.6 Å². The zero-order chi connectivity index (χ0) is 11.6. The highest BCUT2D eigenvalue weighted by Crippen LogP contribution is 2.25. The maximum atomic E-state index is 13.6. The molecule has 0 aromatic heterocycles. The van der Waals surface area contributed by atoms with Gasteiger partial charge in [0.15, 0.2) is 0 Å².